The van der Waals surface area contributed by atoms with Crippen LogP contribution in [0.5, 0.6) is 0 Å². The Morgan fingerprint density at radius 2 is 1.58 bits per heavy atom. The third-order valence-electron chi connectivity index (χ3n) is 2.77. The summed E-state index contributed by atoms with van der Waals surface area (Å²) in [6, 6.07) is 16.6. The molecular weight excluding hydrogens is 238 g/mol. The Kier molecular flexibility index (Phi) is 4.08. The number of ketones is 1. The molecule has 1 N–H and O–H groups in total. The van der Waals surface area contributed by atoms with Gasteiger partial charge in [0.25, 0.3) is 5.91 Å². The normalized spacial score (nSPS) is 9.95. The Morgan fingerprint density at radius 1 is 0.947 bits per heavy atom. The Balaban J connectivity index is 1.96. The molecule has 0 saturated heterocycles. The summed E-state index contributed by atoms with van der Waals surface area (Å²) in [5.41, 5.74) is 2.58. The van der Waals surface area contributed by atoms with Crippen LogP contribution in [-0.4, -0.2) is 11.7 Å². The van der Waals surface area contributed by atoms with E-state index in [2.05, 4.69) is 5.32 Å². The molecule has 0 aliphatic heterocycles. The summed E-state index contributed by atoms with van der Waals surface area (Å²) >= 11 is 0. The standard InChI is InChI=1S/C16H15NO2/c1-12-7-9-14(10-8-12)17-16(19)15(18)11-13-5-3-2-4-6-13/h2-10H,11H2,1H3,(H,17,19). The minimum absolute atomic E-state index is 0.124. The Morgan fingerprint density at radius 3 is 2.21 bits per heavy atom. The van der Waals surface area contributed by atoms with Gasteiger partial charge in [-0.3, -0.25) is 9.59 Å². The van der Waals surface area contributed by atoms with E-state index in [1.165, 1.54) is 0 Å². The number of nitrogens with one attached hydrogen (secondary N) is 1. The number of carbonyl (C=O) groups excluding carboxylic acids is 2. The lowest BCUT2D eigenvalue weighted by Gasteiger charge is -2.05. The average Bonchev–Trinajstić information content (AvgIpc) is 2.42. The lowest BCUT2D eigenvalue weighted by Crippen LogP contribution is -2.24. The molecule has 2 aromatic rings. The maximum atomic E-state index is 11.8. The molecule has 0 aliphatic carbocycles. The van der Waals surface area contributed by atoms with Crippen molar-refractivity contribution in [2.45, 2.75) is 13.3 Å². The molecule has 0 atom stereocenters. The second-order valence-corrected chi connectivity index (χ2v) is 4.41. The predicted molar refractivity (Wildman–Crippen MR) is 75.0 cm³/mol. The van der Waals surface area contributed by atoms with Crippen LogP contribution in [0.15, 0.2) is 54.6 Å². The number of rotatable bonds is 4. The van der Waals surface area contributed by atoms with Gasteiger partial charge in [0, 0.05) is 12.1 Å². The summed E-state index contributed by atoms with van der Waals surface area (Å²) in [6.45, 7) is 1.96. The Hall–Kier alpha value is -2.42. The number of amides is 1. The quantitative estimate of drug-likeness (QED) is 0.852. The minimum atomic E-state index is -0.576. The van der Waals surface area contributed by atoms with Crippen LogP contribution in [0.1, 0.15) is 11.1 Å². The number of hydrogen-bond donors (Lipinski definition) is 1. The minimum Gasteiger partial charge on any atom is -0.319 e. The molecule has 0 fully saturated rings. The van der Waals surface area contributed by atoms with Crippen LogP contribution in [0, 0.1) is 6.92 Å². The monoisotopic (exact) mass is 253 g/mol. The van der Waals surface area contributed by atoms with Gasteiger partial charge in [0.1, 0.15) is 0 Å². The molecule has 0 heterocycles. The van der Waals surface area contributed by atoms with Gasteiger partial charge in [-0.25, -0.2) is 0 Å². The maximum Gasteiger partial charge on any atom is 0.292 e. The second-order valence-electron chi connectivity index (χ2n) is 4.41. The number of benzene rings is 2. The van der Waals surface area contributed by atoms with Gasteiger partial charge in [0.2, 0.25) is 5.78 Å². The van der Waals surface area contributed by atoms with E-state index in [0.717, 1.165) is 11.1 Å². The molecule has 0 spiro atoms. The molecule has 2 aromatic carbocycles. The summed E-state index contributed by atoms with van der Waals surface area (Å²) in [7, 11) is 0. The molecule has 0 radical (unpaired) electrons. The van der Waals surface area contributed by atoms with Crippen molar-refractivity contribution in [1.82, 2.24) is 0 Å². The average molecular weight is 253 g/mol. The third kappa shape index (κ3) is 3.78. The molecule has 0 unspecified atom stereocenters. The van der Waals surface area contributed by atoms with Gasteiger partial charge in [-0.05, 0) is 24.6 Å². The van der Waals surface area contributed by atoms with Gasteiger partial charge in [0.15, 0.2) is 0 Å². The molecule has 2 rings (SSSR count). The first-order valence-electron chi connectivity index (χ1n) is 6.10. The highest BCUT2D eigenvalue weighted by atomic mass is 16.2. The van der Waals surface area contributed by atoms with Crippen molar-refractivity contribution in [3.63, 3.8) is 0 Å². The summed E-state index contributed by atoms with van der Waals surface area (Å²) in [5.74, 6) is -1.01. The fraction of sp³-hybridized carbons (Fsp3) is 0.125. The zero-order valence-corrected chi connectivity index (χ0v) is 10.7. The van der Waals surface area contributed by atoms with E-state index in [1.54, 1.807) is 12.1 Å². The van der Waals surface area contributed by atoms with Crippen molar-refractivity contribution in [2.24, 2.45) is 0 Å². The summed E-state index contributed by atoms with van der Waals surface area (Å²) in [6.07, 6.45) is 0.124. The summed E-state index contributed by atoms with van der Waals surface area (Å²) in [4.78, 5) is 23.5. The molecule has 3 nitrogen and oxygen atoms in total. The van der Waals surface area contributed by atoms with E-state index in [0.29, 0.717) is 5.69 Å². The van der Waals surface area contributed by atoms with Crippen LogP contribution >= 0.6 is 0 Å². The first-order chi connectivity index (χ1) is 9.15. The number of anilines is 1. The predicted octanol–water partition coefficient (Wildman–Crippen LogP) is 2.75. The van der Waals surface area contributed by atoms with E-state index >= 15 is 0 Å². The largest absolute Gasteiger partial charge is 0.319 e. The van der Waals surface area contributed by atoms with E-state index in [4.69, 9.17) is 0 Å². The maximum absolute atomic E-state index is 11.8. The zero-order valence-electron chi connectivity index (χ0n) is 10.7. The molecule has 0 bridgehead atoms. The Bertz CT molecular complexity index is 573. The number of carbonyl (C=O) groups is 2. The van der Waals surface area contributed by atoms with Crippen LogP contribution < -0.4 is 5.32 Å². The highest BCUT2D eigenvalue weighted by Crippen LogP contribution is 2.09. The van der Waals surface area contributed by atoms with Crippen molar-refractivity contribution in [1.29, 1.82) is 0 Å². The van der Waals surface area contributed by atoms with Gasteiger partial charge in [0.05, 0.1) is 0 Å². The molecule has 1 amide bonds. The van der Waals surface area contributed by atoms with Crippen LogP contribution in [-0.2, 0) is 16.0 Å². The van der Waals surface area contributed by atoms with Crippen LogP contribution in [0.2, 0.25) is 0 Å². The lowest BCUT2D eigenvalue weighted by atomic mass is 10.1. The first-order valence-corrected chi connectivity index (χ1v) is 6.10. The molecule has 3 heteroatoms. The van der Waals surface area contributed by atoms with Crippen LogP contribution in [0.4, 0.5) is 5.69 Å². The fourth-order valence-corrected chi connectivity index (χ4v) is 1.70. The van der Waals surface area contributed by atoms with E-state index < -0.39 is 11.7 Å². The Labute approximate surface area is 112 Å². The van der Waals surface area contributed by atoms with Crippen LogP contribution in [0.25, 0.3) is 0 Å². The summed E-state index contributed by atoms with van der Waals surface area (Å²) in [5, 5.41) is 2.60. The van der Waals surface area contributed by atoms with Gasteiger partial charge < -0.3 is 5.32 Å². The SMILES string of the molecule is Cc1ccc(NC(=O)C(=O)Cc2ccccc2)cc1. The number of Topliss-reactive ketones (excluding diaryl/α,β-unsaturated/α-hetero) is 1. The third-order valence-corrected chi connectivity index (χ3v) is 2.77. The molecule has 0 aliphatic rings. The first kappa shape index (κ1) is 13.0. The highest BCUT2D eigenvalue weighted by molar-refractivity contribution is 6.41. The fourth-order valence-electron chi connectivity index (χ4n) is 1.70. The zero-order chi connectivity index (χ0) is 13.7. The topological polar surface area (TPSA) is 46.2 Å². The van der Waals surface area contributed by atoms with Crippen molar-refractivity contribution >= 4 is 17.4 Å². The molecule has 96 valence electrons. The van der Waals surface area contributed by atoms with Crippen molar-refractivity contribution < 1.29 is 9.59 Å². The molecule has 0 saturated carbocycles. The van der Waals surface area contributed by atoms with Gasteiger partial charge in [-0.2, -0.15) is 0 Å². The lowest BCUT2D eigenvalue weighted by molar-refractivity contribution is -0.134. The molecule has 0 aromatic heterocycles. The highest BCUT2D eigenvalue weighted by Gasteiger charge is 2.14. The number of aryl methyl sites for hydroxylation is 1. The van der Waals surface area contributed by atoms with Crippen molar-refractivity contribution in [3.05, 3.63) is 65.7 Å². The van der Waals surface area contributed by atoms with Crippen LogP contribution in [0.3, 0.4) is 0 Å². The van der Waals surface area contributed by atoms with Gasteiger partial charge >= 0.3 is 0 Å². The van der Waals surface area contributed by atoms with E-state index in [9.17, 15) is 9.59 Å². The smallest absolute Gasteiger partial charge is 0.292 e. The second kappa shape index (κ2) is 5.96. The van der Waals surface area contributed by atoms with E-state index in [-0.39, 0.29) is 6.42 Å². The van der Waals surface area contributed by atoms with E-state index in [1.807, 2.05) is 49.4 Å². The van der Waals surface area contributed by atoms with Crippen molar-refractivity contribution in [3.8, 4) is 0 Å². The van der Waals surface area contributed by atoms with Crippen molar-refractivity contribution in [2.75, 3.05) is 5.32 Å². The van der Waals surface area contributed by atoms with Gasteiger partial charge in [-0.15, -0.1) is 0 Å². The summed E-state index contributed by atoms with van der Waals surface area (Å²) < 4.78 is 0. The molecular formula is C16H15NO2. The number of hydrogen-bond acceptors (Lipinski definition) is 2. The van der Waals surface area contributed by atoms with Gasteiger partial charge in [-0.1, -0.05) is 48.0 Å². The molecule has 19 heavy (non-hydrogen) atoms.